The number of carbonyl (C=O) groups is 1. The molecular formula is C15H21N5O. The third-order valence-corrected chi connectivity index (χ3v) is 3.18. The van der Waals surface area contributed by atoms with Crippen molar-refractivity contribution in [1.29, 1.82) is 0 Å². The average Bonchev–Trinajstić information content (AvgIpc) is 2.89. The van der Waals surface area contributed by atoms with Crippen LogP contribution in [0.2, 0.25) is 0 Å². The topological polar surface area (TPSA) is 72.2 Å². The summed E-state index contributed by atoms with van der Waals surface area (Å²) >= 11 is 0. The number of amides is 1. The van der Waals surface area contributed by atoms with E-state index in [4.69, 9.17) is 0 Å². The van der Waals surface area contributed by atoms with Gasteiger partial charge in [0.25, 0.3) is 0 Å². The zero-order chi connectivity index (χ0) is 15.1. The van der Waals surface area contributed by atoms with Gasteiger partial charge in [0.15, 0.2) is 0 Å². The monoisotopic (exact) mass is 287 g/mol. The van der Waals surface area contributed by atoms with Crippen LogP contribution in [0.25, 0.3) is 11.0 Å². The van der Waals surface area contributed by atoms with Crippen LogP contribution in [0.4, 0.5) is 0 Å². The van der Waals surface area contributed by atoms with Crippen LogP contribution >= 0.6 is 0 Å². The molecule has 0 saturated heterocycles. The first-order valence-corrected chi connectivity index (χ1v) is 7.31. The van der Waals surface area contributed by atoms with E-state index in [1.807, 2.05) is 31.2 Å². The maximum atomic E-state index is 11.6. The lowest BCUT2D eigenvalue weighted by Gasteiger charge is -2.03. The summed E-state index contributed by atoms with van der Waals surface area (Å²) in [6.07, 6.45) is 3.61. The Balaban J connectivity index is 1.90. The van der Waals surface area contributed by atoms with Crippen LogP contribution in [-0.4, -0.2) is 26.6 Å². The van der Waals surface area contributed by atoms with Gasteiger partial charge in [0.1, 0.15) is 5.52 Å². The lowest BCUT2D eigenvalue weighted by Crippen LogP contribution is -2.20. The van der Waals surface area contributed by atoms with Crippen molar-refractivity contribution in [3.8, 4) is 0 Å². The Kier molecular flexibility index (Phi) is 5.43. The number of hydrazone groups is 1. The van der Waals surface area contributed by atoms with E-state index in [0.717, 1.165) is 36.0 Å². The van der Waals surface area contributed by atoms with E-state index >= 15 is 0 Å². The highest BCUT2D eigenvalue weighted by molar-refractivity contribution is 5.85. The Morgan fingerprint density at radius 2 is 2.14 bits per heavy atom. The number of aromatic nitrogens is 3. The fourth-order valence-electron chi connectivity index (χ4n) is 2.04. The lowest BCUT2D eigenvalue weighted by molar-refractivity contribution is -0.121. The number of benzene rings is 1. The summed E-state index contributed by atoms with van der Waals surface area (Å²) in [5.41, 5.74) is 5.19. The minimum absolute atomic E-state index is 0.0359. The summed E-state index contributed by atoms with van der Waals surface area (Å²) < 4.78 is 1.78. The second-order valence-electron chi connectivity index (χ2n) is 5.07. The summed E-state index contributed by atoms with van der Waals surface area (Å²) in [5, 5.41) is 12.3. The van der Waals surface area contributed by atoms with Gasteiger partial charge in [-0.25, -0.2) is 10.1 Å². The zero-order valence-electron chi connectivity index (χ0n) is 12.5. The van der Waals surface area contributed by atoms with Crippen LogP contribution in [0.15, 0.2) is 29.4 Å². The quantitative estimate of drug-likeness (QED) is 0.483. The fraction of sp³-hybridized carbons (Fsp3) is 0.467. The van der Waals surface area contributed by atoms with Gasteiger partial charge in [-0.3, -0.25) is 4.79 Å². The van der Waals surface area contributed by atoms with Gasteiger partial charge < -0.3 is 0 Å². The molecule has 6 heteroatoms. The van der Waals surface area contributed by atoms with Gasteiger partial charge >= 0.3 is 0 Å². The highest BCUT2D eigenvalue weighted by Gasteiger charge is 2.05. The first-order chi connectivity index (χ1) is 10.2. The van der Waals surface area contributed by atoms with E-state index in [0.29, 0.717) is 13.0 Å². The molecule has 0 aliphatic heterocycles. The molecule has 2 rings (SSSR count). The molecule has 0 fully saturated rings. The van der Waals surface area contributed by atoms with Crippen molar-refractivity contribution in [3.05, 3.63) is 24.3 Å². The molecule has 1 heterocycles. The molecule has 1 aromatic carbocycles. The number of nitrogens with zero attached hydrogens (tertiary/aromatic N) is 4. The summed E-state index contributed by atoms with van der Waals surface area (Å²) in [5.74, 6) is -0.0359. The van der Waals surface area contributed by atoms with Crippen molar-refractivity contribution in [2.45, 2.75) is 46.1 Å². The van der Waals surface area contributed by atoms with Gasteiger partial charge in [-0.1, -0.05) is 37.1 Å². The van der Waals surface area contributed by atoms with Crippen LogP contribution in [0.5, 0.6) is 0 Å². The zero-order valence-corrected chi connectivity index (χ0v) is 12.5. The number of fused-ring (bicyclic) bond motifs is 1. The number of carbonyl (C=O) groups excluding carboxylic acids is 1. The highest BCUT2D eigenvalue weighted by atomic mass is 16.2. The van der Waals surface area contributed by atoms with Crippen molar-refractivity contribution in [3.63, 3.8) is 0 Å². The maximum absolute atomic E-state index is 11.6. The third-order valence-electron chi connectivity index (χ3n) is 3.18. The number of unbranched alkanes of at least 4 members (excludes halogenated alkanes) is 2. The Morgan fingerprint density at radius 3 is 2.95 bits per heavy atom. The van der Waals surface area contributed by atoms with Crippen molar-refractivity contribution >= 4 is 22.7 Å². The predicted octanol–water partition coefficient (Wildman–Crippen LogP) is 2.50. The van der Waals surface area contributed by atoms with Crippen LogP contribution in [0, 0.1) is 0 Å². The van der Waals surface area contributed by atoms with Gasteiger partial charge in [0.2, 0.25) is 5.91 Å². The molecule has 2 aromatic rings. The standard InChI is InChI=1S/C15H21N5O/c1-3-4-5-10-15(21)18-16-12(2)11-20-14-9-7-6-8-13(14)17-19-20/h6-9H,3-5,10-11H2,1-2H3,(H,18,21). The summed E-state index contributed by atoms with van der Waals surface area (Å²) in [6.45, 7) is 4.49. The van der Waals surface area contributed by atoms with Crippen molar-refractivity contribution in [1.82, 2.24) is 20.4 Å². The first-order valence-electron chi connectivity index (χ1n) is 7.31. The van der Waals surface area contributed by atoms with Crippen molar-refractivity contribution < 1.29 is 4.79 Å². The van der Waals surface area contributed by atoms with Crippen LogP contribution in [0.3, 0.4) is 0 Å². The van der Waals surface area contributed by atoms with Gasteiger partial charge in [-0.05, 0) is 25.5 Å². The Morgan fingerprint density at radius 1 is 1.33 bits per heavy atom. The Labute approximate surface area is 124 Å². The molecule has 1 N–H and O–H groups in total. The second-order valence-corrected chi connectivity index (χ2v) is 5.07. The molecule has 0 radical (unpaired) electrons. The Hall–Kier alpha value is -2.24. The third kappa shape index (κ3) is 4.37. The van der Waals surface area contributed by atoms with E-state index in [1.54, 1.807) is 4.68 Å². The molecule has 112 valence electrons. The summed E-state index contributed by atoms with van der Waals surface area (Å²) in [6, 6.07) is 7.76. The maximum Gasteiger partial charge on any atom is 0.240 e. The van der Waals surface area contributed by atoms with Gasteiger partial charge in [-0.15, -0.1) is 5.10 Å². The number of hydrogen-bond donors (Lipinski definition) is 1. The summed E-state index contributed by atoms with van der Waals surface area (Å²) in [7, 11) is 0. The van der Waals surface area contributed by atoms with Crippen LogP contribution in [-0.2, 0) is 11.3 Å². The smallest absolute Gasteiger partial charge is 0.240 e. The van der Waals surface area contributed by atoms with E-state index in [-0.39, 0.29) is 5.91 Å². The van der Waals surface area contributed by atoms with Gasteiger partial charge in [0.05, 0.1) is 17.8 Å². The molecule has 6 nitrogen and oxygen atoms in total. The molecule has 0 aliphatic carbocycles. The Bertz CT molecular complexity index is 632. The van der Waals surface area contributed by atoms with Crippen LogP contribution < -0.4 is 5.43 Å². The average molecular weight is 287 g/mol. The van der Waals surface area contributed by atoms with Crippen molar-refractivity contribution in [2.75, 3.05) is 0 Å². The van der Waals surface area contributed by atoms with E-state index in [1.165, 1.54) is 0 Å². The van der Waals surface area contributed by atoms with Gasteiger partial charge in [-0.2, -0.15) is 5.10 Å². The molecule has 1 aromatic heterocycles. The molecular weight excluding hydrogens is 266 g/mol. The lowest BCUT2D eigenvalue weighted by atomic mass is 10.2. The summed E-state index contributed by atoms with van der Waals surface area (Å²) in [4.78, 5) is 11.6. The SMILES string of the molecule is CCCCCC(=O)NN=C(C)Cn1nnc2ccccc21. The van der Waals surface area contributed by atoms with Crippen LogP contribution in [0.1, 0.15) is 39.5 Å². The number of nitrogens with one attached hydrogen (secondary N) is 1. The predicted molar refractivity (Wildman–Crippen MR) is 82.9 cm³/mol. The van der Waals surface area contributed by atoms with Crippen molar-refractivity contribution in [2.24, 2.45) is 5.10 Å². The molecule has 0 aliphatic rings. The number of hydrogen-bond acceptors (Lipinski definition) is 4. The normalized spacial score (nSPS) is 11.8. The first kappa shape index (κ1) is 15.2. The second kappa shape index (κ2) is 7.52. The van der Waals surface area contributed by atoms with E-state index < -0.39 is 0 Å². The minimum atomic E-state index is -0.0359. The molecule has 21 heavy (non-hydrogen) atoms. The number of rotatable bonds is 7. The minimum Gasteiger partial charge on any atom is -0.273 e. The van der Waals surface area contributed by atoms with Gasteiger partial charge in [0, 0.05) is 6.42 Å². The molecule has 0 atom stereocenters. The molecule has 0 spiro atoms. The van der Waals surface area contributed by atoms with E-state index in [9.17, 15) is 4.79 Å². The highest BCUT2D eigenvalue weighted by Crippen LogP contribution is 2.09. The number of para-hydroxylation sites is 1. The molecule has 0 unspecified atom stereocenters. The molecule has 0 saturated carbocycles. The molecule has 1 amide bonds. The molecule has 0 bridgehead atoms. The fourth-order valence-corrected chi connectivity index (χ4v) is 2.04. The van der Waals surface area contributed by atoms with E-state index in [2.05, 4.69) is 27.8 Å². The largest absolute Gasteiger partial charge is 0.273 e.